The molecule has 1 aromatic carbocycles. The number of halogens is 1. The van der Waals surface area contributed by atoms with Crippen LogP contribution in [0.25, 0.3) is 0 Å². The van der Waals surface area contributed by atoms with Crippen molar-refractivity contribution in [2.24, 2.45) is 10.4 Å². The summed E-state index contributed by atoms with van der Waals surface area (Å²) in [7, 11) is 0. The summed E-state index contributed by atoms with van der Waals surface area (Å²) in [6.45, 7) is 13.8. The van der Waals surface area contributed by atoms with E-state index in [1.54, 1.807) is 0 Å². The molecule has 30 heavy (non-hydrogen) atoms. The number of aliphatic hydroxyl groups excluding tert-OH is 1. The summed E-state index contributed by atoms with van der Waals surface area (Å²) < 4.78 is 0. The lowest BCUT2D eigenvalue weighted by atomic mass is 9.79. The Morgan fingerprint density at radius 2 is 1.90 bits per heavy atom. The van der Waals surface area contributed by atoms with E-state index in [1.165, 1.54) is 11.1 Å². The van der Waals surface area contributed by atoms with Crippen molar-refractivity contribution in [2.75, 3.05) is 32.8 Å². The van der Waals surface area contributed by atoms with Crippen molar-refractivity contribution in [1.82, 2.24) is 15.5 Å². The number of hydrogen-bond donors (Lipinski definition) is 3. The van der Waals surface area contributed by atoms with E-state index >= 15 is 0 Å². The number of rotatable bonds is 10. The van der Waals surface area contributed by atoms with Gasteiger partial charge in [0.25, 0.3) is 0 Å². The number of benzene rings is 1. The zero-order valence-corrected chi connectivity index (χ0v) is 21.7. The molecule has 1 fully saturated rings. The zero-order valence-electron chi connectivity index (χ0n) is 19.4. The van der Waals surface area contributed by atoms with E-state index in [0.29, 0.717) is 6.04 Å². The van der Waals surface area contributed by atoms with Gasteiger partial charge in [0.15, 0.2) is 5.96 Å². The Labute approximate surface area is 201 Å². The maximum absolute atomic E-state index is 9.46. The van der Waals surface area contributed by atoms with Crippen LogP contribution in [0.3, 0.4) is 0 Å². The second kappa shape index (κ2) is 14.2. The first-order valence-corrected chi connectivity index (χ1v) is 11.5. The normalized spacial score (nSPS) is 16.2. The quantitative estimate of drug-likeness (QED) is 0.240. The summed E-state index contributed by atoms with van der Waals surface area (Å²) in [6.07, 6.45) is 5.19. The van der Waals surface area contributed by atoms with E-state index in [9.17, 15) is 5.11 Å². The molecule has 0 aromatic heterocycles. The van der Waals surface area contributed by atoms with Crippen LogP contribution in [-0.2, 0) is 6.54 Å². The molecule has 1 aliphatic heterocycles. The van der Waals surface area contributed by atoms with Crippen LogP contribution in [0.2, 0.25) is 0 Å². The lowest BCUT2D eigenvalue weighted by Crippen LogP contribution is -2.48. The van der Waals surface area contributed by atoms with Gasteiger partial charge in [-0.1, -0.05) is 43.7 Å². The van der Waals surface area contributed by atoms with Gasteiger partial charge in [0.05, 0.1) is 0 Å². The number of aliphatic imine (C=N–C) groups is 1. The summed E-state index contributed by atoms with van der Waals surface area (Å²) in [5, 5.41) is 16.5. The van der Waals surface area contributed by atoms with Crippen LogP contribution < -0.4 is 10.6 Å². The maximum Gasteiger partial charge on any atom is 0.191 e. The SMILES string of the molecule is CCNC(=NCC(CC)(CC)CCO)NC1CCN(Cc2cccc(C)c2)CC1.I. The fraction of sp³-hybridized carbons (Fsp3) is 0.708. The van der Waals surface area contributed by atoms with Gasteiger partial charge in [0.1, 0.15) is 0 Å². The van der Waals surface area contributed by atoms with E-state index in [4.69, 9.17) is 4.99 Å². The van der Waals surface area contributed by atoms with Crippen molar-refractivity contribution in [1.29, 1.82) is 0 Å². The predicted octanol–water partition coefficient (Wildman–Crippen LogP) is 4.32. The molecule has 0 radical (unpaired) electrons. The Hall–Kier alpha value is -0.860. The highest BCUT2D eigenvalue weighted by atomic mass is 127. The van der Waals surface area contributed by atoms with Gasteiger partial charge in [0.2, 0.25) is 0 Å². The molecule has 3 N–H and O–H groups in total. The average Bonchev–Trinajstić information content (AvgIpc) is 2.73. The lowest BCUT2D eigenvalue weighted by molar-refractivity contribution is 0.175. The molecule has 0 spiro atoms. The number of nitrogens with one attached hydrogen (secondary N) is 2. The molecule has 172 valence electrons. The fourth-order valence-electron chi connectivity index (χ4n) is 4.21. The summed E-state index contributed by atoms with van der Waals surface area (Å²) in [5.41, 5.74) is 2.85. The minimum absolute atomic E-state index is 0. The summed E-state index contributed by atoms with van der Waals surface area (Å²) in [5.74, 6) is 0.925. The third kappa shape index (κ3) is 8.71. The molecule has 0 atom stereocenters. The lowest BCUT2D eigenvalue weighted by Gasteiger charge is -2.34. The van der Waals surface area contributed by atoms with Crippen LogP contribution in [0.4, 0.5) is 0 Å². The highest BCUT2D eigenvalue weighted by molar-refractivity contribution is 14.0. The van der Waals surface area contributed by atoms with Crippen molar-refractivity contribution in [3.8, 4) is 0 Å². The minimum Gasteiger partial charge on any atom is -0.396 e. The number of aryl methyl sites for hydroxylation is 1. The van der Waals surface area contributed by atoms with E-state index in [0.717, 1.165) is 70.8 Å². The zero-order chi connectivity index (χ0) is 21.1. The van der Waals surface area contributed by atoms with Crippen LogP contribution in [0.1, 0.15) is 64.0 Å². The molecule has 0 bridgehead atoms. The average molecular weight is 531 g/mol. The monoisotopic (exact) mass is 530 g/mol. The molecule has 0 amide bonds. The van der Waals surface area contributed by atoms with Gasteiger partial charge < -0.3 is 15.7 Å². The van der Waals surface area contributed by atoms with Gasteiger partial charge in [-0.2, -0.15) is 0 Å². The molecule has 6 heteroatoms. The van der Waals surface area contributed by atoms with Gasteiger partial charge in [-0.3, -0.25) is 9.89 Å². The van der Waals surface area contributed by atoms with E-state index in [2.05, 4.69) is 67.5 Å². The Bertz CT molecular complexity index is 625. The van der Waals surface area contributed by atoms with Crippen LogP contribution in [0.15, 0.2) is 29.3 Å². The largest absolute Gasteiger partial charge is 0.396 e. The van der Waals surface area contributed by atoms with Crippen LogP contribution in [-0.4, -0.2) is 54.8 Å². The molecule has 1 aromatic rings. The van der Waals surface area contributed by atoms with Crippen molar-refractivity contribution in [3.63, 3.8) is 0 Å². The fourth-order valence-corrected chi connectivity index (χ4v) is 4.21. The van der Waals surface area contributed by atoms with Crippen LogP contribution in [0.5, 0.6) is 0 Å². The Morgan fingerprint density at radius 3 is 2.47 bits per heavy atom. The molecule has 1 aliphatic rings. The van der Waals surface area contributed by atoms with E-state index < -0.39 is 0 Å². The van der Waals surface area contributed by atoms with Crippen molar-refractivity contribution < 1.29 is 5.11 Å². The van der Waals surface area contributed by atoms with Crippen molar-refractivity contribution in [2.45, 2.75) is 72.4 Å². The first kappa shape index (κ1) is 27.2. The number of likely N-dealkylation sites (tertiary alicyclic amines) is 1. The second-order valence-electron chi connectivity index (χ2n) is 8.56. The Morgan fingerprint density at radius 1 is 1.20 bits per heavy atom. The molecule has 0 unspecified atom stereocenters. The van der Waals surface area contributed by atoms with E-state index in [1.807, 2.05) is 0 Å². The number of hydrogen-bond acceptors (Lipinski definition) is 3. The highest BCUT2D eigenvalue weighted by Gasteiger charge is 2.26. The number of guanidine groups is 1. The molecule has 5 nitrogen and oxygen atoms in total. The van der Waals surface area contributed by atoms with Gasteiger partial charge in [-0.25, -0.2) is 0 Å². The van der Waals surface area contributed by atoms with Crippen molar-refractivity contribution in [3.05, 3.63) is 35.4 Å². The Balaban J connectivity index is 0.00000450. The topological polar surface area (TPSA) is 59.9 Å². The summed E-state index contributed by atoms with van der Waals surface area (Å²) >= 11 is 0. The molecular weight excluding hydrogens is 487 g/mol. The van der Waals surface area contributed by atoms with Crippen LogP contribution in [0, 0.1) is 12.3 Å². The smallest absolute Gasteiger partial charge is 0.191 e. The third-order valence-corrected chi connectivity index (χ3v) is 6.48. The molecule has 1 saturated heterocycles. The van der Waals surface area contributed by atoms with E-state index in [-0.39, 0.29) is 36.0 Å². The molecule has 0 saturated carbocycles. The third-order valence-electron chi connectivity index (χ3n) is 6.48. The standard InChI is InChI=1S/C24H42N4O.HI/c1-5-24(6-2,13-16-29)19-26-23(25-7-3)27-22-11-14-28(15-12-22)18-21-10-8-9-20(4)17-21;/h8-10,17,22,29H,5-7,11-16,18-19H2,1-4H3,(H2,25,26,27);1H. The molecule has 1 heterocycles. The Kier molecular flexibility index (Phi) is 12.9. The van der Waals surface area contributed by atoms with Crippen LogP contribution >= 0.6 is 24.0 Å². The molecule has 0 aliphatic carbocycles. The second-order valence-corrected chi connectivity index (χ2v) is 8.56. The van der Waals surface area contributed by atoms with Gasteiger partial charge in [-0.15, -0.1) is 24.0 Å². The summed E-state index contributed by atoms with van der Waals surface area (Å²) in [4.78, 5) is 7.46. The first-order valence-electron chi connectivity index (χ1n) is 11.5. The van der Waals surface area contributed by atoms with Gasteiger partial charge >= 0.3 is 0 Å². The summed E-state index contributed by atoms with van der Waals surface area (Å²) in [6, 6.07) is 9.31. The van der Waals surface area contributed by atoms with Gasteiger partial charge in [0, 0.05) is 45.4 Å². The maximum atomic E-state index is 9.46. The van der Waals surface area contributed by atoms with Gasteiger partial charge in [-0.05, 0) is 56.9 Å². The first-order chi connectivity index (χ1) is 14.0. The number of piperidine rings is 1. The van der Waals surface area contributed by atoms with Crippen molar-refractivity contribution >= 4 is 29.9 Å². The molecular formula is C24H43IN4O. The predicted molar refractivity (Wildman–Crippen MR) is 139 cm³/mol. The number of aliphatic hydroxyl groups is 1. The highest BCUT2D eigenvalue weighted by Crippen LogP contribution is 2.30. The molecule has 2 rings (SSSR count). The minimum atomic E-state index is 0. The number of nitrogens with zero attached hydrogens (tertiary/aromatic N) is 2.